The Labute approximate surface area is 129 Å². The van der Waals surface area contributed by atoms with Gasteiger partial charge < -0.3 is 9.80 Å². The largest absolute Gasteiger partial charge is 0.337 e. The van der Waals surface area contributed by atoms with Crippen LogP contribution in [0.15, 0.2) is 46.7 Å². The number of rotatable bonds is 3. The van der Waals surface area contributed by atoms with Gasteiger partial charge in [0, 0.05) is 36.6 Å². The second-order valence-electron chi connectivity index (χ2n) is 5.49. The fourth-order valence-corrected chi connectivity index (χ4v) is 4.10. The van der Waals surface area contributed by atoms with E-state index >= 15 is 0 Å². The molecule has 1 saturated heterocycles. The van der Waals surface area contributed by atoms with Crippen LogP contribution in [0.25, 0.3) is 0 Å². The average Bonchev–Trinajstić information content (AvgIpc) is 3.05. The first-order valence-corrected chi connectivity index (χ1v) is 8.29. The molecule has 0 radical (unpaired) electrons. The zero-order valence-corrected chi connectivity index (χ0v) is 12.7. The Morgan fingerprint density at radius 1 is 0.905 bits per heavy atom. The average molecular weight is 298 g/mol. The second kappa shape index (κ2) is 5.66. The minimum absolute atomic E-state index is 1.01. The normalized spacial score (nSPS) is 17.6. The van der Waals surface area contributed by atoms with E-state index in [0.29, 0.717) is 0 Å². The molecule has 2 aliphatic heterocycles. The van der Waals surface area contributed by atoms with Crippen LogP contribution in [0.3, 0.4) is 0 Å². The van der Waals surface area contributed by atoms with E-state index in [1.165, 1.54) is 47.1 Å². The number of aromatic nitrogens is 2. The highest BCUT2D eigenvalue weighted by Crippen LogP contribution is 2.46. The molecular weight excluding hydrogens is 280 g/mol. The number of anilines is 2. The zero-order chi connectivity index (χ0) is 14.1. The van der Waals surface area contributed by atoms with E-state index in [-0.39, 0.29) is 0 Å². The summed E-state index contributed by atoms with van der Waals surface area (Å²) in [5.74, 6) is 0. The third-order valence-electron chi connectivity index (χ3n) is 4.16. The molecule has 4 nitrogen and oxygen atoms in total. The fraction of sp³-hybridized carbons (Fsp3) is 0.375. The van der Waals surface area contributed by atoms with Crippen LogP contribution in [0.4, 0.5) is 11.4 Å². The molecule has 4 heterocycles. The van der Waals surface area contributed by atoms with Crippen molar-refractivity contribution in [3.8, 4) is 0 Å². The summed E-state index contributed by atoms with van der Waals surface area (Å²) >= 11 is 1.79. The topological polar surface area (TPSA) is 32.3 Å². The summed E-state index contributed by atoms with van der Waals surface area (Å²) in [5.41, 5.74) is 2.48. The van der Waals surface area contributed by atoms with Crippen molar-refractivity contribution in [1.29, 1.82) is 0 Å². The summed E-state index contributed by atoms with van der Waals surface area (Å²) in [5, 5.41) is 0. The SMILES string of the molecule is c1cc2c(cn1)Sc1ccncc1N2CCN1CCCC1. The lowest BCUT2D eigenvalue weighted by molar-refractivity contribution is 0.348. The van der Waals surface area contributed by atoms with Crippen molar-refractivity contribution in [2.24, 2.45) is 0 Å². The molecule has 0 saturated carbocycles. The molecule has 2 aliphatic rings. The van der Waals surface area contributed by atoms with Crippen LogP contribution < -0.4 is 4.90 Å². The second-order valence-corrected chi connectivity index (χ2v) is 6.57. The summed E-state index contributed by atoms with van der Waals surface area (Å²) in [6.07, 6.45) is 10.4. The molecule has 108 valence electrons. The molecule has 5 heteroatoms. The van der Waals surface area contributed by atoms with Gasteiger partial charge in [0.1, 0.15) is 0 Å². The number of fused-ring (bicyclic) bond motifs is 2. The highest BCUT2D eigenvalue weighted by atomic mass is 32.2. The maximum absolute atomic E-state index is 4.32. The van der Waals surface area contributed by atoms with E-state index < -0.39 is 0 Å². The summed E-state index contributed by atoms with van der Waals surface area (Å²) in [4.78, 5) is 16.0. The third-order valence-corrected chi connectivity index (χ3v) is 5.26. The van der Waals surface area contributed by atoms with Gasteiger partial charge in [-0.3, -0.25) is 9.97 Å². The monoisotopic (exact) mass is 298 g/mol. The van der Waals surface area contributed by atoms with Crippen LogP contribution in [0.2, 0.25) is 0 Å². The molecule has 0 aromatic carbocycles. The smallest absolute Gasteiger partial charge is 0.0739 e. The van der Waals surface area contributed by atoms with Gasteiger partial charge >= 0.3 is 0 Å². The number of hydrogen-bond donors (Lipinski definition) is 0. The molecule has 0 spiro atoms. The minimum Gasteiger partial charge on any atom is -0.337 e. The van der Waals surface area contributed by atoms with Crippen molar-refractivity contribution in [3.05, 3.63) is 36.9 Å². The molecule has 4 rings (SSSR count). The lowest BCUT2D eigenvalue weighted by Crippen LogP contribution is -2.32. The van der Waals surface area contributed by atoms with E-state index in [4.69, 9.17) is 0 Å². The lowest BCUT2D eigenvalue weighted by atomic mass is 10.2. The van der Waals surface area contributed by atoms with Crippen LogP contribution in [0.5, 0.6) is 0 Å². The fourth-order valence-electron chi connectivity index (χ4n) is 3.07. The molecule has 1 fully saturated rings. The van der Waals surface area contributed by atoms with Crippen LogP contribution >= 0.6 is 11.8 Å². The van der Waals surface area contributed by atoms with Crippen molar-refractivity contribution in [1.82, 2.24) is 14.9 Å². The van der Waals surface area contributed by atoms with Crippen molar-refractivity contribution in [3.63, 3.8) is 0 Å². The van der Waals surface area contributed by atoms with Crippen molar-refractivity contribution in [2.75, 3.05) is 31.1 Å². The summed E-state index contributed by atoms with van der Waals surface area (Å²) in [7, 11) is 0. The summed E-state index contributed by atoms with van der Waals surface area (Å²) < 4.78 is 0. The van der Waals surface area contributed by atoms with E-state index in [1.807, 2.05) is 24.8 Å². The van der Waals surface area contributed by atoms with Gasteiger partial charge in [0.15, 0.2) is 0 Å². The van der Waals surface area contributed by atoms with E-state index in [9.17, 15) is 0 Å². The zero-order valence-electron chi connectivity index (χ0n) is 11.9. The maximum atomic E-state index is 4.32. The van der Waals surface area contributed by atoms with Gasteiger partial charge in [-0.2, -0.15) is 0 Å². The van der Waals surface area contributed by atoms with Gasteiger partial charge in [-0.25, -0.2) is 0 Å². The Balaban J connectivity index is 1.64. The maximum Gasteiger partial charge on any atom is 0.0739 e. The highest BCUT2D eigenvalue weighted by molar-refractivity contribution is 7.99. The summed E-state index contributed by atoms with van der Waals surface area (Å²) in [6.45, 7) is 4.61. The molecule has 0 bridgehead atoms. The van der Waals surface area contributed by atoms with Gasteiger partial charge in [-0.1, -0.05) is 11.8 Å². The Morgan fingerprint density at radius 2 is 1.71 bits per heavy atom. The quantitative estimate of drug-likeness (QED) is 0.869. The standard InChI is InChI=1S/C16H18N4S/c1-2-8-19(7-1)9-10-20-13-3-5-18-12-16(13)21-15-4-6-17-11-14(15)20/h3-6,11-12H,1-2,7-10H2. The van der Waals surface area contributed by atoms with Crippen molar-refractivity contribution >= 4 is 23.1 Å². The first kappa shape index (κ1) is 13.1. The third kappa shape index (κ3) is 2.51. The molecule has 0 amide bonds. The molecule has 0 aliphatic carbocycles. The number of hydrogen-bond acceptors (Lipinski definition) is 5. The van der Waals surface area contributed by atoms with Gasteiger partial charge in [-0.15, -0.1) is 0 Å². The molecule has 2 aromatic heterocycles. The van der Waals surface area contributed by atoms with E-state index in [1.54, 1.807) is 11.8 Å². The number of nitrogens with zero attached hydrogens (tertiary/aromatic N) is 4. The van der Waals surface area contributed by atoms with E-state index in [0.717, 1.165) is 13.1 Å². The molecule has 21 heavy (non-hydrogen) atoms. The molecule has 0 atom stereocenters. The Morgan fingerprint density at radius 3 is 2.62 bits per heavy atom. The lowest BCUT2D eigenvalue weighted by Gasteiger charge is -2.33. The predicted octanol–water partition coefficient (Wildman–Crippen LogP) is 3.18. The number of likely N-dealkylation sites (tertiary alicyclic amines) is 1. The van der Waals surface area contributed by atoms with Crippen molar-refractivity contribution in [2.45, 2.75) is 22.6 Å². The van der Waals surface area contributed by atoms with Gasteiger partial charge in [-0.05, 0) is 38.1 Å². The first-order valence-electron chi connectivity index (χ1n) is 7.47. The van der Waals surface area contributed by atoms with Crippen LogP contribution in [-0.2, 0) is 0 Å². The molecule has 0 unspecified atom stereocenters. The van der Waals surface area contributed by atoms with Crippen LogP contribution in [-0.4, -0.2) is 41.0 Å². The van der Waals surface area contributed by atoms with Crippen molar-refractivity contribution < 1.29 is 0 Å². The molecular formula is C16H18N4S. The Kier molecular flexibility index (Phi) is 3.53. The first-order chi connectivity index (χ1) is 10.4. The predicted molar refractivity (Wildman–Crippen MR) is 85.3 cm³/mol. The van der Waals surface area contributed by atoms with E-state index in [2.05, 4.69) is 31.9 Å². The Hall–Kier alpha value is -1.59. The summed E-state index contributed by atoms with van der Waals surface area (Å²) in [6, 6.07) is 4.21. The number of pyridine rings is 2. The van der Waals surface area contributed by atoms with Gasteiger partial charge in [0.2, 0.25) is 0 Å². The minimum atomic E-state index is 1.01. The highest BCUT2D eigenvalue weighted by Gasteiger charge is 2.24. The van der Waals surface area contributed by atoms with Crippen LogP contribution in [0.1, 0.15) is 12.8 Å². The molecule has 0 N–H and O–H groups in total. The van der Waals surface area contributed by atoms with Crippen LogP contribution in [0, 0.1) is 0 Å². The Bertz CT molecular complexity index is 594. The van der Waals surface area contributed by atoms with Gasteiger partial charge in [0.05, 0.1) is 22.5 Å². The van der Waals surface area contributed by atoms with Gasteiger partial charge in [0.25, 0.3) is 0 Å². The molecule has 2 aromatic rings.